The lowest BCUT2D eigenvalue weighted by molar-refractivity contribution is 0.199. The summed E-state index contributed by atoms with van der Waals surface area (Å²) in [5.74, 6) is 2.45. The maximum Gasteiger partial charge on any atom is 0.218 e. The number of nitrogens with zero attached hydrogens (tertiary/aromatic N) is 2. The van der Waals surface area contributed by atoms with Gasteiger partial charge in [0, 0.05) is 29.9 Å². The molecule has 3 N–H and O–H groups in total. The summed E-state index contributed by atoms with van der Waals surface area (Å²) in [7, 11) is 0. The van der Waals surface area contributed by atoms with E-state index in [9.17, 15) is 0 Å². The van der Waals surface area contributed by atoms with E-state index < -0.39 is 0 Å². The first kappa shape index (κ1) is 18.4. The van der Waals surface area contributed by atoms with E-state index in [4.69, 9.17) is 19.9 Å². The molecule has 0 spiro atoms. The predicted molar refractivity (Wildman–Crippen MR) is 108 cm³/mol. The Labute approximate surface area is 164 Å². The van der Waals surface area contributed by atoms with E-state index in [1.165, 1.54) is 12.8 Å². The highest BCUT2D eigenvalue weighted by Crippen LogP contribution is 2.32. The molecule has 1 saturated carbocycles. The molecular formula is C21H26N4O3. The van der Waals surface area contributed by atoms with Crippen molar-refractivity contribution in [2.75, 3.05) is 18.5 Å². The summed E-state index contributed by atoms with van der Waals surface area (Å²) in [6.07, 6.45) is 7.50. The number of anilines is 1. The number of nitrogens with two attached hydrogens (primary N) is 1. The summed E-state index contributed by atoms with van der Waals surface area (Å²) in [6, 6.07) is 9.52. The summed E-state index contributed by atoms with van der Waals surface area (Å²) in [6.45, 7) is 1.71. The minimum absolute atomic E-state index is 0.259. The molecule has 0 amide bonds. The third-order valence-corrected chi connectivity index (χ3v) is 4.87. The van der Waals surface area contributed by atoms with E-state index in [2.05, 4.69) is 15.3 Å². The maximum absolute atomic E-state index is 6.08. The van der Waals surface area contributed by atoms with Crippen molar-refractivity contribution in [2.24, 2.45) is 10.7 Å². The number of hydrogen-bond donors (Lipinski definition) is 2. The minimum atomic E-state index is 0.259. The lowest BCUT2D eigenvalue weighted by atomic mass is 10.2. The van der Waals surface area contributed by atoms with Crippen LogP contribution in [0, 0.1) is 0 Å². The molecule has 148 valence electrons. The normalized spacial score (nSPS) is 17.2. The van der Waals surface area contributed by atoms with Crippen molar-refractivity contribution >= 4 is 11.6 Å². The number of rotatable bonds is 5. The fourth-order valence-electron chi connectivity index (χ4n) is 3.41. The van der Waals surface area contributed by atoms with E-state index in [1.54, 1.807) is 6.20 Å². The molecule has 4 rings (SSSR count). The Hall–Kier alpha value is -2.96. The quantitative estimate of drug-likeness (QED) is 0.608. The molecule has 0 unspecified atom stereocenters. The van der Waals surface area contributed by atoms with Crippen molar-refractivity contribution < 1.29 is 14.2 Å². The molecule has 7 heteroatoms. The predicted octanol–water partition coefficient (Wildman–Crippen LogP) is 3.49. The number of aliphatic imine (C=N–C) groups is 1. The molecule has 1 aromatic carbocycles. The van der Waals surface area contributed by atoms with Gasteiger partial charge in [-0.05, 0) is 43.9 Å². The summed E-state index contributed by atoms with van der Waals surface area (Å²) in [4.78, 5) is 8.82. The van der Waals surface area contributed by atoms with Crippen LogP contribution in [-0.4, -0.2) is 30.3 Å². The first-order chi connectivity index (χ1) is 13.8. The standard InChI is InChI=1S/C21H26N4O3/c22-21(25-16-8-9-18-19(13-16)27-12-4-11-26-18)24-14-15-5-3-10-23-20(15)28-17-6-1-2-7-17/h3,5,8-10,13,17H,1-2,4,6-7,11-12,14H2,(H3,22,24,25). The van der Waals surface area contributed by atoms with Crippen LogP contribution in [0.1, 0.15) is 37.7 Å². The zero-order chi connectivity index (χ0) is 19.2. The fraction of sp³-hybridized carbons (Fsp3) is 0.429. The molecule has 7 nitrogen and oxygen atoms in total. The summed E-state index contributed by atoms with van der Waals surface area (Å²) in [5, 5.41) is 3.11. The molecule has 2 heterocycles. The van der Waals surface area contributed by atoms with Crippen LogP contribution >= 0.6 is 0 Å². The molecule has 2 aromatic rings. The molecule has 1 fully saturated rings. The van der Waals surface area contributed by atoms with Gasteiger partial charge in [-0.15, -0.1) is 0 Å². The Kier molecular flexibility index (Phi) is 5.80. The van der Waals surface area contributed by atoms with E-state index in [-0.39, 0.29) is 6.10 Å². The van der Waals surface area contributed by atoms with Gasteiger partial charge in [0.1, 0.15) is 6.10 Å². The Morgan fingerprint density at radius 1 is 1.14 bits per heavy atom. The van der Waals surface area contributed by atoms with Gasteiger partial charge >= 0.3 is 0 Å². The zero-order valence-corrected chi connectivity index (χ0v) is 15.9. The van der Waals surface area contributed by atoms with Gasteiger partial charge in [-0.2, -0.15) is 0 Å². The van der Waals surface area contributed by atoms with E-state index >= 15 is 0 Å². The molecule has 28 heavy (non-hydrogen) atoms. The van der Waals surface area contributed by atoms with Crippen molar-refractivity contribution in [2.45, 2.75) is 44.8 Å². The second kappa shape index (κ2) is 8.82. The molecule has 0 radical (unpaired) electrons. The summed E-state index contributed by atoms with van der Waals surface area (Å²) >= 11 is 0. The van der Waals surface area contributed by atoms with Crippen LogP contribution in [0.25, 0.3) is 0 Å². The number of nitrogens with one attached hydrogen (secondary N) is 1. The van der Waals surface area contributed by atoms with Crippen molar-refractivity contribution in [3.05, 3.63) is 42.1 Å². The third kappa shape index (κ3) is 4.65. The van der Waals surface area contributed by atoms with Gasteiger partial charge in [-0.1, -0.05) is 6.07 Å². The number of hydrogen-bond acceptors (Lipinski definition) is 5. The van der Waals surface area contributed by atoms with Crippen molar-refractivity contribution in [3.8, 4) is 17.4 Å². The van der Waals surface area contributed by atoms with E-state index in [0.717, 1.165) is 42.0 Å². The van der Waals surface area contributed by atoms with Crippen molar-refractivity contribution in [3.63, 3.8) is 0 Å². The molecular weight excluding hydrogens is 356 g/mol. The molecule has 0 saturated heterocycles. The Bertz CT molecular complexity index is 834. The van der Waals surface area contributed by atoms with E-state index in [1.807, 2.05) is 30.3 Å². The van der Waals surface area contributed by atoms with E-state index in [0.29, 0.717) is 31.6 Å². The van der Waals surface area contributed by atoms with Crippen LogP contribution in [0.5, 0.6) is 17.4 Å². The molecule has 0 atom stereocenters. The first-order valence-corrected chi connectivity index (χ1v) is 9.85. The van der Waals surface area contributed by atoms with Gasteiger partial charge in [-0.25, -0.2) is 9.98 Å². The van der Waals surface area contributed by atoms with Crippen LogP contribution < -0.4 is 25.3 Å². The van der Waals surface area contributed by atoms with Crippen LogP contribution in [-0.2, 0) is 6.54 Å². The van der Waals surface area contributed by atoms with Gasteiger partial charge in [0.25, 0.3) is 0 Å². The lowest BCUT2D eigenvalue weighted by Crippen LogP contribution is -2.22. The molecule has 1 aromatic heterocycles. The number of fused-ring (bicyclic) bond motifs is 1. The Balaban J connectivity index is 1.40. The second-order valence-electron chi connectivity index (χ2n) is 7.03. The largest absolute Gasteiger partial charge is 0.490 e. The van der Waals surface area contributed by atoms with Crippen LogP contribution in [0.15, 0.2) is 41.5 Å². The Morgan fingerprint density at radius 3 is 2.82 bits per heavy atom. The van der Waals surface area contributed by atoms with Crippen LogP contribution in [0.3, 0.4) is 0 Å². The average molecular weight is 382 g/mol. The van der Waals surface area contributed by atoms with Gasteiger partial charge in [-0.3, -0.25) is 0 Å². The SMILES string of the molecule is NC(=NCc1cccnc1OC1CCCC1)Nc1ccc2c(c1)OCCCO2. The smallest absolute Gasteiger partial charge is 0.218 e. The molecule has 2 aliphatic rings. The highest BCUT2D eigenvalue weighted by Gasteiger charge is 2.18. The van der Waals surface area contributed by atoms with Crippen LogP contribution in [0.2, 0.25) is 0 Å². The maximum atomic E-state index is 6.08. The molecule has 1 aliphatic carbocycles. The molecule has 1 aliphatic heterocycles. The minimum Gasteiger partial charge on any atom is -0.490 e. The second-order valence-corrected chi connectivity index (χ2v) is 7.03. The summed E-state index contributed by atoms with van der Waals surface area (Å²) in [5.41, 5.74) is 7.81. The highest BCUT2D eigenvalue weighted by molar-refractivity contribution is 5.92. The highest BCUT2D eigenvalue weighted by atomic mass is 16.5. The van der Waals surface area contributed by atoms with Crippen molar-refractivity contribution in [1.29, 1.82) is 0 Å². The number of ether oxygens (including phenoxy) is 3. The van der Waals surface area contributed by atoms with Crippen LogP contribution in [0.4, 0.5) is 5.69 Å². The number of pyridine rings is 1. The van der Waals surface area contributed by atoms with Crippen molar-refractivity contribution in [1.82, 2.24) is 4.98 Å². The van der Waals surface area contributed by atoms with Gasteiger partial charge < -0.3 is 25.3 Å². The number of guanidine groups is 1. The van der Waals surface area contributed by atoms with Gasteiger partial charge in [0.15, 0.2) is 17.5 Å². The third-order valence-electron chi connectivity index (χ3n) is 4.87. The average Bonchev–Trinajstić information content (AvgIpc) is 3.10. The van der Waals surface area contributed by atoms with Gasteiger partial charge in [0.2, 0.25) is 5.88 Å². The first-order valence-electron chi connectivity index (χ1n) is 9.85. The molecule has 0 bridgehead atoms. The lowest BCUT2D eigenvalue weighted by Gasteiger charge is -2.14. The topological polar surface area (TPSA) is 91.0 Å². The number of aromatic nitrogens is 1. The zero-order valence-electron chi connectivity index (χ0n) is 15.9. The Morgan fingerprint density at radius 2 is 1.96 bits per heavy atom. The summed E-state index contributed by atoms with van der Waals surface area (Å²) < 4.78 is 17.4. The monoisotopic (exact) mass is 382 g/mol. The fourth-order valence-corrected chi connectivity index (χ4v) is 3.41. The van der Waals surface area contributed by atoms with Gasteiger partial charge in [0.05, 0.1) is 19.8 Å². The number of benzene rings is 1.